The van der Waals surface area contributed by atoms with Crippen LogP contribution in [0.2, 0.25) is 0 Å². The van der Waals surface area contributed by atoms with E-state index in [-0.39, 0.29) is 11.9 Å². The number of carbonyl (C=O) groups is 1. The smallest absolute Gasteiger partial charge is 0.239 e. The zero-order valence-electron chi connectivity index (χ0n) is 15.2. The fourth-order valence-electron chi connectivity index (χ4n) is 3.16. The second kappa shape index (κ2) is 7.85. The van der Waals surface area contributed by atoms with E-state index >= 15 is 0 Å². The van der Waals surface area contributed by atoms with Crippen molar-refractivity contribution in [1.29, 1.82) is 0 Å². The highest BCUT2D eigenvalue weighted by Gasteiger charge is 2.25. The molecule has 25 heavy (non-hydrogen) atoms. The highest BCUT2D eigenvalue weighted by molar-refractivity contribution is 5.84. The highest BCUT2D eigenvalue weighted by Crippen LogP contribution is 2.22. The van der Waals surface area contributed by atoms with Crippen molar-refractivity contribution in [2.75, 3.05) is 40.5 Å². The van der Waals surface area contributed by atoms with Crippen molar-refractivity contribution in [3.05, 3.63) is 42.0 Å². The van der Waals surface area contributed by atoms with Crippen LogP contribution >= 0.6 is 0 Å². The maximum Gasteiger partial charge on any atom is 0.239 e. The van der Waals surface area contributed by atoms with Crippen LogP contribution in [-0.2, 0) is 16.1 Å². The normalized spacial score (nSPS) is 16.2. The van der Waals surface area contributed by atoms with Crippen LogP contribution < -0.4 is 4.74 Å². The number of benzene rings is 2. The SMILES string of the molecule is COc1ccc2cc(CN(C)[C@@H](C)C(=O)N3CCOCC3)ccc2c1. The third-order valence-corrected chi connectivity index (χ3v) is 4.89. The summed E-state index contributed by atoms with van der Waals surface area (Å²) in [5, 5.41) is 2.34. The van der Waals surface area contributed by atoms with Gasteiger partial charge in [0.1, 0.15) is 5.75 Å². The molecule has 134 valence electrons. The number of methoxy groups -OCH3 is 1. The molecule has 1 aliphatic heterocycles. The van der Waals surface area contributed by atoms with Gasteiger partial charge in [0.25, 0.3) is 0 Å². The summed E-state index contributed by atoms with van der Waals surface area (Å²) in [5.41, 5.74) is 1.20. The summed E-state index contributed by atoms with van der Waals surface area (Å²) in [4.78, 5) is 16.6. The summed E-state index contributed by atoms with van der Waals surface area (Å²) in [5.74, 6) is 1.04. The first-order chi connectivity index (χ1) is 12.1. The zero-order chi connectivity index (χ0) is 17.8. The number of carbonyl (C=O) groups excluding carboxylic acids is 1. The van der Waals surface area contributed by atoms with E-state index in [0.717, 1.165) is 17.7 Å². The lowest BCUT2D eigenvalue weighted by Gasteiger charge is -2.32. The Balaban J connectivity index is 1.68. The molecular weight excluding hydrogens is 316 g/mol. The van der Waals surface area contributed by atoms with E-state index in [1.807, 2.05) is 31.0 Å². The number of amides is 1. The molecule has 0 radical (unpaired) electrons. The maximum atomic E-state index is 12.6. The monoisotopic (exact) mass is 342 g/mol. The fraction of sp³-hybridized carbons (Fsp3) is 0.450. The molecule has 0 N–H and O–H groups in total. The van der Waals surface area contributed by atoms with Gasteiger partial charge in [0, 0.05) is 19.6 Å². The molecule has 1 atom stereocenters. The van der Waals surface area contributed by atoms with Gasteiger partial charge in [-0.1, -0.05) is 18.2 Å². The Hall–Kier alpha value is -2.11. The van der Waals surface area contributed by atoms with Crippen molar-refractivity contribution >= 4 is 16.7 Å². The number of hydrogen-bond acceptors (Lipinski definition) is 4. The van der Waals surface area contributed by atoms with E-state index in [1.54, 1.807) is 7.11 Å². The third kappa shape index (κ3) is 4.11. The van der Waals surface area contributed by atoms with Gasteiger partial charge >= 0.3 is 0 Å². The summed E-state index contributed by atoms with van der Waals surface area (Å²) in [6, 6.07) is 12.3. The van der Waals surface area contributed by atoms with Crippen LogP contribution in [-0.4, -0.2) is 62.2 Å². The molecule has 1 saturated heterocycles. The van der Waals surface area contributed by atoms with E-state index in [1.165, 1.54) is 10.9 Å². The topological polar surface area (TPSA) is 42.0 Å². The van der Waals surface area contributed by atoms with Crippen LogP contribution in [0.15, 0.2) is 36.4 Å². The first kappa shape index (κ1) is 17.7. The van der Waals surface area contributed by atoms with Crippen molar-refractivity contribution in [1.82, 2.24) is 9.80 Å². The lowest BCUT2D eigenvalue weighted by Crippen LogP contribution is -2.49. The van der Waals surface area contributed by atoms with Crippen molar-refractivity contribution in [2.24, 2.45) is 0 Å². The Bertz CT molecular complexity index is 741. The second-order valence-electron chi connectivity index (χ2n) is 6.58. The van der Waals surface area contributed by atoms with Gasteiger partial charge in [0.2, 0.25) is 5.91 Å². The molecule has 2 aromatic rings. The van der Waals surface area contributed by atoms with E-state index < -0.39 is 0 Å². The Kier molecular flexibility index (Phi) is 5.56. The Morgan fingerprint density at radius 1 is 1.20 bits per heavy atom. The van der Waals surface area contributed by atoms with Gasteiger partial charge in [0.05, 0.1) is 26.4 Å². The minimum atomic E-state index is -0.148. The molecule has 3 rings (SSSR count). The maximum absolute atomic E-state index is 12.6. The first-order valence-electron chi connectivity index (χ1n) is 8.72. The Morgan fingerprint density at radius 2 is 1.88 bits per heavy atom. The van der Waals surface area contributed by atoms with Crippen LogP contribution in [0, 0.1) is 0 Å². The molecule has 0 unspecified atom stereocenters. The van der Waals surface area contributed by atoms with E-state index in [0.29, 0.717) is 26.3 Å². The van der Waals surface area contributed by atoms with Gasteiger partial charge in [-0.3, -0.25) is 9.69 Å². The van der Waals surface area contributed by atoms with Crippen molar-refractivity contribution in [3.8, 4) is 5.75 Å². The molecule has 5 nitrogen and oxygen atoms in total. The summed E-state index contributed by atoms with van der Waals surface area (Å²) >= 11 is 0. The molecule has 1 amide bonds. The largest absolute Gasteiger partial charge is 0.497 e. The molecule has 1 heterocycles. The van der Waals surface area contributed by atoms with Crippen LogP contribution in [0.4, 0.5) is 0 Å². The molecule has 1 fully saturated rings. The van der Waals surface area contributed by atoms with Crippen LogP contribution in [0.1, 0.15) is 12.5 Å². The number of rotatable bonds is 5. The molecule has 0 aliphatic carbocycles. The lowest BCUT2D eigenvalue weighted by atomic mass is 10.1. The highest BCUT2D eigenvalue weighted by atomic mass is 16.5. The van der Waals surface area contributed by atoms with E-state index in [9.17, 15) is 4.79 Å². The molecule has 1 aliphatic rings. The molecule has 5 heteroatoms. The van der Waals surface area contributed by atoms with Gasteiger partial charge in [-0.2, -0.15) is 0 Å². The van der Waals surface area contributed by atoms with Gasteiger partial charge in [-0.15, -0.1) is 0 Å². The summed E-state index contributed by atoms with van der Waals surface area (Å²) in [6.45, 7) is 5.36. The molecule has 0 saturated carbocycles. The van der Waals surface area contributed by atoms with Gasteiger partial charge in [-0.25, -0.2) is 0 Å². The number of hydrogen-bond donors (Lipinski definition) is 0. The van der Waals surface area contributed by atoms with Gasteiger partial charge in [-0.05, 0) is 48.5 Å². The van der Waals surface area contributed by atoms with E-state index in [4.69, 9.17) is 9.47 Å². The van der Waals surface area contributed by atoms with Gasteiger partial charge < -0.3 is 14.4 Å². The minimum Gasteiger partial charge on any atom is -0.497 e. The minimum absolute atomic E-state index is 0.148. The number of likely N-dealkylation sites (N-methyl/N-ethyl adjacent to an activating group) is 1. The number of morpholine rings is 1. The average molecular weight is 342 g/mol. The molecule has 0 bridgehead atoms. The summed E-state index contributed by atoms with van der Waals surface area (Å²) < 4.78 is 10.6. The molecule has 0 spiro atoms. The third-order valence-electron chi connectivity index (χ3n) is 4.89. The molecule has 0 aromatic heterocycles. The summed E-state index contributed by atoms with van der Waals surface area (Å²) in [6.07, 6.45) is 0. The zero-order valence-corrected chi connectivity index (χ0v) is 15.2. The summed E-state index contributed by atoms with van der Waals surface area (Å²) in [7, 11) is 3.68. The number of nitrogens with zero attached hydrogens (tertiary/aromatic N) is 2. The molecule has 2 aromatic carbocycles. The van der Waals surface area contributed by atoms with Gasteiger partial charge in [0.15, 0.2) is 0 Å². The Labute approximate surface area is 149 Å². The number of ether oxygens (including phenoxy) is 2. The van der Waals surface area contributed by atoms with Crippen LogP contribution in [0.5, 0.6) is 5.75 Å². The van der Waals surface area contributed by atoms with Crippen LogP contribution in [0.25, 0.3) is 10.8 Å². The second-order valence-corrected chi connectivity index (χ2v) is 6.58. The average Bonchev–Trinajstić information content (AvgIpc) is 2.67. The van der Waals surface area contributed by atoms with Crippen molar-refractivity contribution in [3.63, 3.8) is 0 Å². The quantitative estimate of drug-likeness (QED) is 0.837. The standard InChI is InChI=1S/C20H26N2O3/c1-15(20(23)22-8-10-25-11-9-22)21(2)14-16-4-5-18-13-19(24-3)7-6-17(18)12-16/h4-7,12-13,15H,8-11,14H2,1-3H3/t15-/m0/s1. The predicted octanol–water partition coefficient (Wildman–Crippen LogP) is 2.53. The Morgan fingerprint density at radius 3 is 2.60 bits per heavy atom. The van der Waals surface area contributed by atoms with Crippen molar-refractivity contribution in [2.45, 2.75) is 19.5 Å². The molecular formula is C20H26N2O3. The van der Waals surface area contributed by atoms with Crippen molar-refractivity contribution < 1.29 is 14.3 Å². The number of fused-ring (bicyclic) bond motifs is 1. The lowest BCUT2D eigenvalue weighted by molar-refractivity contribution is -0.140. The predicted molar refractivity (Wildman–Crippen MR) is 98.8 cm³/mol. The first-order valence-corrected chi connectivity index (χ1v) is 8.72. The van der Waals surface area contributed by atoms with E-state index in [2.05, 4.69) is 29.2 Å². The van der Waals surface area contributed by atoms with Crippen LogP contribution in [0.3, 0.4) is 0 Å². The fourth-order valence-corrected chi connectivity index (χ4v) is 3.16.